The third kappa shape index (κ3) is 1.37. The third-order valence-electron chi connectivity index (χ3n) is 2.56. The topological polar surface area (TPSA) is 67.6 Å². The van der Waals surface area contributed by atoms with E-state index in [0.717, 1.165) is 17.0 Å². The number of anilines is 1. The summed E-state index contributed by atoms with van der Waals surface area (Å²) in [5, 5.41) is 8.02. The second-order valence-electron chi connectivity index (χ2n) is 3.69. The molecule has 0 saturated carbocycles. The molecule has 0 aliphatic carbocycles. The van der Waals surface area contributed by atoms with Crippen molar-refractivity contribution >= 4 is 27.4 Å². The molecule has 0 amide bonds. The van der Waals surface area contributed by atoms with Gasteiger partial charge < -0.3 is 5.73 Å². The molecule has 0 unspecified atom stereocenters. The van der Waals surface area contributed by atoms with Crippen LogP contribution in [0.5, 0.6) is 0 Å². The number of nitrogens with zero attached hydrogens (tertiary/aromatic N) is 2. The maximum absolute atomic E-state index is 5.59. The predicted molar refractivity (Wildman–Crippen MR) is 66.4 cm³/mol. The molecule has 5 heteroatoms. The van der Waals surface area contributed by atoms with E-state index >= 15 is 0 Å². The number of nitrogens with two attached hydrogens (primary N) is 1. The molecular formula is C11H10N4S. The average Bonchev–Trinajstić information content (AvgIpc) is 2.86. The van der Waals surface area contributed by atoms with Crippen LogP contribution in [0.25, 0.3) is 21.3 Å². The van der Waals surface area contributed by atoms with Gasteiger partial charge in [-0.2, -0.15) is 9.47 Å². The van der Waals surface area contributed by atoms with Crippen molar-refractivity contribution in [2.75, 3.05) is 5.73 Å². The van der Waals surface area contributed by atoms with Crippen LogP contribution in [0, 0.1) is 6.92 Å². The number of benzene rings is 1. The van der Waals surface area contributed by atoms with Gasteiger partial charge in [0.2, 0.25) is 0 Å². The van der Waals surface area contributed by atoms with Crippen LogP contribution >= 0.6 is 11.5 Å². The Balaban J connectivity index is 2.21. The van der Waals surface area contributed by atoms with Gasteiger partial charge in [0.15, 0.2) is 0 Å². The molecule has 80 valence electrons. The number of aromatic amines is 1. The Kier molecular flexibility index (Phi) is 1.94. The van der Waals surface area contributed by atoms with E-state index in [1.54, 1.807) is 0 Å². The number of rotatable bonds is 1. The quantitative estimate of drug-likeness (QED) is 0.675. The highest BCUT2D eigenvalue weighted by atomic mass is 32.1. The molecule has 3 aromatic rings. The molecule has 0 aliphatic heterocycles. The third-order valence-corrected chi connectivity index (χ3v) is 3.48. The summed E-state index contributed by atoms with van der Waals surface area (Å²) in [5.41, 5.74) is 8.67. The summed E-state index contributed by atoms with van der Waals surface area (Å²) in [7, 11) is 0. The van der Waals surface area contributed by atoms with Crippen LogP contribution in [-0.2, 0) is 0 Å². The maximum atomic E-state index is 5.59. The standard InChI is InChI=1S/C11H10N4S/c1-6-8-4-7(2-3-10(8)16-15-6)9-5-11(12)14-13-9/h2-5H,1H3,(H3,12,13,14). The van der Waals surface area contributed by atoms with Crippen molar-refractivity contribution in [1.29, 1.82) is 0 Å². The molecule has 1 aromatic carbocycles. The second kappa shape index (κ2) is 3.31. The van der Waals surface area contributed by atoms with Crippen molar-refractivity contribution in [3.05, 3.63) is 30.0 Å². The molecule has 0 atom stereocenters. The first-order valence-corrected chi connectivity index (χ1v) is 5.68. The first-order chi connectivity index (χ1) is 7.74. The molecule has 2 aromatic heterocycles. The summed E-state index contributed by atoms with van der Waals surface area (Å²) in [6, 6.07) is 8.07. The molecule has 0 spiro atoms. The van der Waals surface area contributed by atoms with Crippen molar-refractivity contribution in [2.24, 2.45) is 0 Å². The molecule has 0 aliphatic rings. The number of fused-ring (bicyclic) bond motifs is 1. The van der Waals surface area contributed by atoms with Gasteiger partial charge in [-0.05, 0) is 30.6 Å². The summed E-state index contributed by atoms with van der Waals surface area (Å²) < 4.78 is 5.53. The molecule has 16 heavy (non-hydrogen) atoms. The molecule has 0 bridgehead atoms. The van der Waals surface area contributed by atoms with Gasteiger partial charge in [0.05, 0.1) is 16.1 Å². The SMILES string of the molecule is Cc1nsc2ccc(-c3cc(N)n[nH]3)cc12. The Morgan fingerprint density at radius 1 is 1.31 bits per heavy atom. The van der Waals surface area contributed by atoms with Crippen molar-refractivity contribution in [3.63, 3.8) is 0 Å². The zero-order valence-corrected chi connectivity index (χ0v) is 9.51. The fourth-order valence-corrected chi connectivity index (χ4v) is 2.48. The van der Waals surface area contributed by atoms with Crippen LogP contribution in [0.15, 0.2) is 24.3 Å². The predicted octanol–water partition coefficient (Wildman–Crippen LogP) is 2.58. The number of hydrogen-bond acceptors (Lipinski definition) is 4. The van der Waals surface area contributed by atoms with E-state index in [4.69, 9.17) is 5.73 Å². The van der Waals surface area contributed by atoms with Gasteiger partial charge in [-0.1, -0.05) is 6.07 Å². The van der Waals surface area contributed by atoms with E-state index in [2.05, 4.69) is 26.7 Å². The smallest absolute Gasteiger partial charge is 0.145 e. The van der Waals surface area contributed by atoms with Crippen LogP contribution < -0.4 is 5.73 Å². The van der Waals surface area contributed by atoms with Gasteiger partial charge in [-0.25, -0.2) is 0 Å². The van der Waals surface area contributed by atoms with Crippen LogP contribution in [0.4, 0.5) is 5.82 Å². The molecule has 0 fully saturated rings. The zero-order valence-electron chi connectivity index (χ0n) is 8.69. The highest BCUT2D eigenvalue weighted by Gasteiger charge is 2.06. The first kappa shape index (κ1) is 9.35. The van der Waals surface area contributed by atoms with E-state index in [0.29, 0.717) is 5.82 Å². The minimum atomic E-state index is 0.510. The van der Waals surface area contributed by atoms with E-state index in [1.165, 1.54) is 21.6 Å². The fourth-order valence-electron chi connectivity index (χ4n) is 1.71. The van der Waals surface area contributed by atoms with E-state index in [9.17, 15) is 0 Å². The number of nitrogen functional groups attached to an aromatic ring is 1. The van der Waals surface area contributed by atoms with E-state index < -0.39 is 0 Å². The average molecular weight is 230 g/mol. The van der Waals surface area contributed by atoms with Gasteiger partial charge in [0, 0.05) is 17.0 Å². The molecule has 0 saturated heterocycles. The second-order valence-corrected chi connectivity index (χ2v) is 4.49. The maximum Gasteiger partial charge on any atom is 0.145 e. The van der Waals surface area contributed by atoms with E-state index in [-0.39, 0.29) is 0 Å². The highest BCUT2D eigenvalue weighted by Crippen LogP contribution is 2.27. The molecule has 3 rings (SSSR count). The zero-order chi connectivity index (χ0) is 11.1. The monoisotopic (exact) mass is 230 g/mol. The minimum absolute atomic E-state index is 0.510. The Bertz CT molecular complexity index is 653. The van der Waals surface area contributed by atoms with E-state index in [1.807, 2.05) is 19.1 Å². The summed E-state index contributed by atoms with van der Waals surface area (Å²) in [4.78, 5) is 0. The lowest BCUT2D eigenvalue weighted by Crippen LogP contribution is -1.81. The summed E-state index contributed by atoms with van der Waals surface area (Å²) in [6.45, 7) is 2.02. The lowest BCUT2D eigenvalue weighted by Gasteiger charge is -1.97. The Morgan fingerprint density at radius 2 is 2.19 bits per heavy atom. The van der Waals surface area contributed by atoms with Gasteiger partial charge in [0.25, 0.3) is 0 Å². The van der Waals surface area contributed by atoms with Crippen molar-refractivity contribution < 1.29 is 0 Å². The lowest BCUT2D eigenvalue weighted by atomic mass is 10.1. The number of aromatic nitrogens is 3. The van der Waals surface area contributed by atoms with Gasteiger partial charge in [-0.15, -0.1) is 0 Å². The van der Waals surface area contributed by atoms with Crippen LogP contribution in [0.2, 0.25) is 0 Å². The Morgan fingerprint density at radius 3 is 2.94 bits per heavy atom. The fraction of sp³-hybridized carbons (Fsp3) is 0.0909. The van der Waals surface area contributed by atoms with Crippen molar-refractivity contribution in [3.8, 4) is 11.3 Å². The van der Waals surface area contributed by atoms with Gasteiger partial charge in [-0.3, -0.25) is 5.10 Å². The van der Waals surface area contributed by atoms with Crippen molar-refractivity contribution in [2.45, 2.75) is 6.92 Å². The Labute approximate surface area is 96.3 Å². The summed E-state index contributed by atoms with van der Waals surface area (Å²) >= 11 is 1.52. The lowest BCUT2D eigenvalue weighted by molar-refractivity contribution is 1.10. The first-order valence-electron chi connectivity index (χ1n) is 4.91. The molecule has 0 radical (unpaired) electrons. The summed E-state index contributed by atoms with van der Waals surface area (Å²) in [5.74, 6) is 0.510. The molecule has 4 nitrogen and oxygen atoms in total. The minimum Gasteiger partial charge on any atom is -0.382 e. The summed E-state index contributed by atoms with van der Waals surface area (Å²) in [6.07, 6.45) is 0. The number of hydrogen-bond donors (Lipinski definition) is 2. The number of nitrogens with one attached hydrogen (secondary N) is 1. The van der Waals surface area contributed by atoms with Gasteiger partial charge in [0.1, 0.15) is 5.82 Å². The van der Waals surface area contributed by atoms with Crippen LogP contribution in [0.3, 0.4) is 0 Å². The molecule has 2 heterocycles. The largest absolute Gasteiger partial charge is 0.382 e. The number of aryl methyl sites for hydroxylation is 1. The normalized spacial score (nSPS) is 11.1. The molecule has 3 N–H and O–H groups in total. The van der Waals surface area contributed by atoms with Crippen molar-refractivity contribution in [1.82, 2.24) is 14.6 Å². The number of H-pyrrole nitrogens is 1. The molecular weight excluding hydrogens is 220 g/mol. The van der Waals surface area contributed by atoms with Gasteiger partial charge >= 0.3 is 0 Å². The van der Waals surface area contributed by atoms with Crippen LogP contribution in [0.1, 0.15) is 5.69 Å². The Hall–Kier alpha value is -1.88. The highest BCUT2D eigenvalue weighted by molar-refractivity contribution is 7.13. The van der Waals surface area contributed by atoms with Crippen LogP contribution in [-0.4, -0.2) is 14.6 Å².